The van der Waals surface area contributed by atoms with Gasteiger partial charge in [0, 0.05) is 5.39 Å². The number of aromatic nitrogens is 1. The molecule has 0 unspecified atom stereocenters. The van der Waals surface area contributed by atoms with E-state index in [0.717, 1.165) is 10.9 Å². The second-order valence-electron chi connectivity index (χ2n) is 3.99. The molecule has 0 atom stereocenters. The van der Waals surface area contributed by atoms with Crippen LogP contribution < -0.4 is 10.9 Å². The number of carbonyl (C=O) groups is 1. The molecule has 1 aromatic heterocycles. The van der Waals surface area contributed by atoms with Crippen LogP contribution in [0.1, 0.15) is 16.1 Å². The van der Waals surface area contributed by atoms with Crippen molar-refractivity contribution in [2.75, 3.05) is 6.54 Å². The van der Waals surface area contributed by atoms with Gasteiger partial charge in [-0.15, -0.1) is 6.42 Å². The molecule has 2 aromatic rings. The molecule has 4 nitrogen and oxygen atoms in total. The number of nitrogens with one attached hydrogen (secondary N) is 2. The van der Waals surface area contributed by atoms with Crippen LogP contribution in [0.4, 0.5) is 0 Å². The number of pyridine rings is 1. The van der Waals surface area contributed by atoms with E-state index in [-0.39, 0.29) is 23.7 Å². The molecular formula is C14H12N2O2. The van der Waals surface area contributed by atoms with Gasteiger partial charge in [-0.05, 0) is 24.4 Å². The lowest BCUT2D eigenvalue weighted by Crippen LogP contribution is -2.26. The van der Waals surface area contributed by atoms with E-state index in [4.69, 9.17) is 6.42 Å². The summed E-state index contributed by atoms with van der Waals surface area (Å²) >= 11 is 0. The van der Waals surface area contributed by atoms with E-state index in [9.17, 15) is 9.59 Å². The van der Waals surface area contributed by atoms with Gasteiger partial charge in [0.2, 0.25) is 0 Å². The van der Waals surface area contributed by atoms with Crippen LogP contribution in [0, 0.1) is 19.3 Å². The number of aryl methyl sites for hydroxylation is 1. The standard InChI is InChI=1S/C14H12N2O2/c1-3-6-15-14(18)12-8-10-5-4-9(2)7-11(10)13(17)16-12/h1,4-5,7-8H,6H2,2H3,(H,15,18)(H,16,17). The lowest BCUT2D eigenvalue weighted by atomic mass is 10.1. The fourth-order valence-electron chi connectivity index (χ4n) is 1.72. The molecule has 0 bridgehead atoms. The van der Waals surface area contributed by atoms with Crippen LogP contribution in [0.5, 0.6) is 0 Å². The third kappa shape index (κ3) is 2.25. The largest absolute Gasteiger partial charge is 0.340 e. The number of rotatable bonds is 2. The molecule has 0 fully saturated rings. The summed E-state index contributed by atoms with van der Waals surface area (Å²) in [6.07, 6.45) is 5.06. The van der Waals surface area contributed by atoms with Gasteiger partial charge in [0.05, 0.1) is 6.54 Å². The van der Waals surface area contributed by atoms with Gasteiger partial charge < -0.3 is 10.3 Å². The minimum absolute atomic E-state index is 0.132. The smallest absolute Gasteiger partial charge is 0.268 e. The number of hydrogen-bond donors (Lipinski definition) is 2. The minimum Gasteiger partial charge on any atom is -0.340 e. The maximum Gasteiger partial charge on any atom is 0.268 e. The van der Waals surface area contributed by atoms with E-state index in [1.807, 2.05) is 19.1 Å². The van der Waals surface area contributed by atoms with Gasteiger partial charge >= 0.3 is 0 Å². The van der Waals surface area contributed by atoms with Crippen LogP contribution in [0.25, 0.3) is 10.8 Å². The number of benzene rings is 1. The van der Waals surface area contributed by atoms with Crippen molar-refractivity contribution in [1.82, 2.24) is 10.3 Å². The molecule has 1 heterocycles. The summed E-state index contributed by atoms with van der Waals surface area (Å²) in [7, 11) is 0. The van der Waals surface area contributed by atoms with Crippen LogP contribution in [0.2, 0.25) is 0 Å². The highest BCUT2D eigenvalue weighted by molar-refractivity contribution is 5.96. The molecule has 1 aromatic carbocycles. The van der Waals surface area contributed by atoms with Gasteiger partial charge in [-0.3, -0.25) is 9.59 Å². The third-order valence-corrected chi connectivity index (χ3v) is 2.60. The van der Waals surface area contributed by atoms with Crippen molar-refractivity contribution in [3.8, 4) is 12.3 Å². The topological polar surface area (TPSA) is 62.0 Å². The van der Waals surface area contributed by atoms with Crippen molar-refractivity contribution >= 4 is 16.7 Å². The summed E-state index contributed by atoms with van der Waals surface area (Å²) < 4.78 is 0. The second kappa shape index (κ2) is 4.76. The second-order valence-corrected chi connectivity index (χ2v) is 3.99. The first kappa shape index (κ1) is 11.9. The maximum atomic E-state index is 11.9. The predicted molar refractivity (Wildman–Crippen MR) is 70.5 cm³/mol. The molecule has 18 heavy (non-hydrogen) atoms. The minimum atomic E-state index is -0.382. The summed E-state index contributed by atoms with van der Waals surface area (Å²) in [6, 6.07) is 7.14. The zero-order valence-corrected chi connectivity index (χ0v) is 9.91. The SMILES string of the molecule is C#CCNC(=O)c1cc2ccc(C)cc2c(=O)[nH]1. The average Bonchev–Trinajstić information content (AvgIpc) is 2.36. The molecule has 1 amide bonds. The van der Waals surface area contributed by atoms with Crippen molar-refractivity contribution in [1.29, 1.82) is 0 Å². The molecule has 2 N–H and O–H groups in total. The molecule has 0 aliphatic carbocycles. The predicted octanol–water partition coefficient (Wildman–Crippen LogP) is 1.20. The lowest BCUT2D eigenvalue weighted by molar-refractivity contribution is 0.0953. The highest BCUT2D eigenvalue weighted by Gasteiger charge is 2.08. The number of hydrogen-bond acceptors (Lipinski definition) is 2. The molecular weight excluding hydrogens is 228 g/mol. The molecule has 0 spiro atoms. The fourth-order valence-corrected chi connectivity index (χ4v) is 1.72. The number of amides is 1. The molecule has 0 saturated heterocycles. The maximum absolute atomic E-state index is 11.9. The van der Waals surface area contributed by atoms with E-state index >= 15 is 0 Å². The summed E-state index contributed by atoms with van der Waals surface area (Å²) in [5.74, 6) is 1.92. The average molecular weight is 240 g/mol. The molecule has 90 valence electrons. The molecule has 2 rings (SSSR count). The van der Waals surface area contributed by atoms with E-state index < -0.39 is 0 Å². The van der Waals surface area contributed by atoms with Crippen LogP contribution >= 0.6 is 0 Å². The first-order valence-corrected chi connectivity index (χ1v) is 5.47. The molecule has 0 saturated carbocycles. The normalized spacial score (nSPS) is 10.0. The van der Waals surface area contributed by atoms with Crippen LogP contribution in [0.15, 0.2) is 29.1 Å². The van der Waals surface area contributed by atoms with Gasteiger partial charge in [-0.25, -0.2) is 0 Å². The Kier molecular flexibility index (Phi) is 3.16. The molecule has 0 aliphatic heterocycles. The quantitative estimate of drug-likeness (QED) is 0.775. The Morgan fingerprint density at radius 2 is 2.22 bits per heavy atom. The molecule has 4 heteroatoms. The van der Waals surface area contributed by atoms with Crippen LogP contribution in [0.3, 0.4) is 0 Å². The van der Waals surface area contributed by atoms with E-state index in [1.165, 1.54) is 0 Å². The monoisotopic (exact) mass is 240 g/mol. The van der Waals surface area contributed by atoms with Crippen molar-refractivity contribution < 1.29 is 4.79 Å². The number of H-pyrrole nitrogens is 1. The van der Waals surface area contributed by atoms with Crippen LogP contribution in [-0.4, -0.2) is 17.4 Å². The van der Waals surface area contributed by atoms with Gasteiger partial charge in [0.25, 0.3) is 11.5 Å². The highest BCUT2D eigenvalue weighted by Crippen LogP contribution is 2.12. The number of terminal acetylenes is 1. The van der Waals surface area contributed by atoms with Gasteiger partial charge in [0.15, 0.2) is 0 Å². The zero-order valence-electron chi connectivity index (χ0n) is 9.91. The number of fused-ring (bicyclic) bond motifs is 1. The third-order valence-electron chi connectivity index (χ3n) is 2.60. The van der Waals surface area contributed by atoms with E-state index in [0.29, 0.717) is 5.39 Å². The van der Waals surface area contributed by atoms with Crippen molar-refractivity contribution in [3.63, 3.8) is 0 Å². The van der Waals surface area contributed by atoms with Crippen molar-refractivity contribution in [3.05, 3.63) is 45.9 Å². The van der Waals surface area contributed by atoms with Crippen molar-refractivity contribution in [2.24, 2.45) is 0 Å². The van der Waals surface area contributed by atoms with Crippen molar-refractivity contribution in [2.45, 2.75) is 6.92 Å². The Morgan fingerprint density at radius 1 is 1.44 bits per heavy atom. The highest BCUT2D eigenvalue weighted by atomic mass is 16.2. The number of carbonyl (C=O) groups excluding carboxylic acids is 1. The summed E-state index contributed by atoms with van der Waals surface area (Å²) in [5, 5.41) is 3.81. The zero-order chi connectivity index (χ0) is 13.1. The molecule has 0 radical (unpaired) electrons. The Morgan fingerprint density at radius 3 is 2.94 bits per heavy atom. The summed E-state index contributed by atoms with van der Waals surface area (Å²) in [6.45, 7) is 2.04. The van der Waals surface area contributed by atoms with Crippen LogP contribution in [-0.2, 0) is 0 Å². The first-order valence-electron chi connectivity index (χ1n) is 5.47. The summed E-state index contributed by atoms with van der Waals surface area (Å²) in [5.41, 5.74) is 0.936. The Labute approximate surface area is 104 Å². The van der Waals surface area contributed by atoms with E-state index in [2.05, 4.69) is 16.2 Å². The van der Waals surface area contributed by atoms with Gasteiger partial charge in [-0.1, -0.05) is 23.6 Å². The number of aromatic amines is 1. The Bertz CT molecular complexity index is 708. The Balaban J connectivity index is 2.50. The Hall–Kier alpha value is -2.54. The van der Waals surface area contributed by atoms with E-state index in [1.54, 1.807) is 12.1 Å². The molecule has 0 aliphatic rings. The van der Waals surface area contributed by atoms with Gasteiger partial charge in [-0.2, -0.15) is 0 Å². The lowest BCUT2D eigenvalue weighted by Gasteiger charge is -2.04. The fraction of sp³-hybridized carbons (Fsp3) is 0.143. The first-order chi connectivity index (χ1) is 8.61. The van der Waals surface area contributed by atoms with Gasteiger partial charge in [0.1, 0.15) is 5.69 Å². The summed E-state index contributed by atoms with van der Waals surface area (Å²) in [4.78, 5) is 26.1.